The number of hydrogen-bond acceptors (Lipinski definition) is 0. The molecule has 0 aromatic heterocycles. The van der Waals surface area contributed by atoms with Crippen molar-refractivity contribution in [2.75, 3.05) is 0 Å². The smallest absolute Gasteiger partial charge is 0.385 e. The molecule has 0 fully saturated rings. The van der Waals surface area contributed by atoms with Crippen LogP contribution in [0.3, 0.4) is 0 Å². The fourth-order valence-corrected chi connectivity index (χ4v) is 0. The van der Waals surface area contributed by atoms with Gasteiger partial charge < -0.3 is 13.2 Å². The fourth-order valence-electron chi connectivity index (χ4n) is 0. The van der Waals surface area contributed by atoms with Crippen LogP contribution in [0.1, 0.15) is 26.7 Å². The summed E-state index contributed by atoms with van der Waals surface area (Å²) in [6, 6.07) is 0. The molecule has 0 saturated carbocycles. The minimum Gasteiger partial charge on any atom is -0.385 e. The summed E-state index contributed by atoms with van der Waals surface area (Å²) in [5.41, 5.74) is 0. The molecule has 0 bridgehead atoms. The summed E-state index contributed by atoms with van der Waals surface area (Å²) in [5.74, 6) is 0. The molecule has 0 rings (SSSR count). The van der Waals surface area contributed by atoms with Crippen LogP contribution in [0.15, 0.2) is 0 Å². The summed E-state index contributed by atoms with van der Waals surface area (Å²) in [4.78, 5) is 0. The van der Waals surface area contributed by atoms with Gasteiger partial charge >= 0.3 is 29.6 Å². The maximum atomic E-state index is 9.58. The van der Waals surface area contributed by atoms with E-state index in [1.807, 2.05) is 0 Å². The largest absolute Gasteiger partial charge is 1.00 e. The molecule has 0 aliphatic heterocycles. The van der Waals surface area contributed by atoms with Gasteiger partial charge in [-0.25, -0.2) is 0 Å². The molecule has 0 spiro atoms. The van der Waals surface area contributed by atoms with Crippen molar-refractivity contribution < 1.29 is 42.7 Å². The second-order valence-corrected chi connectivity index (χ2v) is 1.21. The van der Waals surface area contributed by atoms with Gasteiger partial charge in [-0.2, -0.15) is 0 Å². The summed E-state index contributed by atoms with van der Waals surface area (Å²) < 4.78 is 28.8. The Morgan fingerprint density at radius 2 is 1.11 bits per heavy atom. The molecule has 0 aliphatic carbocycles. The molecule has 0 aromatic rings. The van der Waals surface area contributed by atoms with Crippen LogP contribution in [-0.2, 0) is 0 Å². The van der Waals surface area contributed by atoms with E-state index < -0.39 is 6.68 Å². The van der Waals surface area contributed by atoms with E-state index in [4.69, 9.17) is 0 Å². The Morgan fingerprint density at radius 3 is 1.11 bits per heavy atom. The Bertz CT molecular complexity index is 28.6. The summed E-state index contributed by atoms with van der Waals surface area (Å²) >= 11 is 0. The van der Waals surface area contributed by atoms with Crippen molar-refractivity contribution in [3.8, 4) is 0 Å². The molecule has 0 aromatic carbocycles. The van der Waals surface area contributed by atoms with Crippen LogP contribution in [0.2, 0.25) is 0 Å². The summed E-state index contributed by atoms with van der Waals surface area (Å²) in [6.07, 6.45) is 2.64. The van der Waals surface area contributed by atoms with Gasteiger partial charge in [-0.3, -0.25) is 0 Å². The maximum Gasteiger partial charge on any atom is 1.00 e. The number of rotatable bonds is 1. The second kappa shape index (κ2) is 15.9. The molecule has 0 amide bonds. The van der Waals surface area contributed by atoms with Crippen molar-refractivity contribution >= 4 is 0 Å². The van der Waals surface area contributed by atoms with Crippen LogP contribution in [0.25, 0.3) is 0 Å². The Labute approximate surface area is 76.1 Å². The van der Waals surface area contributed by atoms with Crippen molar-refractivity contribution in [2.45, 2.75) is 26.7 Å². The van der Waals surface area contributed by atoms with Crippen LogP contribution in [0.5, 0.6) is 0 Å². The Balaban J connectivity index is -0.0000000720. The standard InChI is InChI=1S/C4H10.CF3.Na/c1-3-4-2;2-1(3)4;/h3-4H2,1-2H3;;/q;-1;+1. The zero-order chi connectivity index (χ0) is 6.99. The molecular weight excluding hydrogens is 140 g/mol. The van der Waals surface area contributed by atoms with Gasteiger partial charge in [0, 0.05) is 0 Å². The fraction of sp³-hybridized carbons (Fsp3) is 0.800. The zero-order valence-corrected chi connectivity index (χ0v) is 8.05. The number of unbranched alkanes of at least 4 members (excludes halogenated alkanes) is 1. The van der Waals surface area contributed by atoms with Gasteiger partial charge in [0.05, 0.1) is 0 Å². The van der Waals surface area contributed by atoms with E-state index in [1.54, 1.807) is 0 Å². The summed E-state index contributed by atoms with van der Waals surface area (Å²) in [7, 11) is 0. The normalized spacial score (nSPS) is 7.33. The Morgan fingerprint density at radius 1 is 1.00 bits per heavy atom. The van der Waals surface area contributed by atoms with E-state index in [1.165, 1.54) is 12.8 Å². The number of halogens is 3. The van der Waals surface area contributed by atoms with Crippen molar-refractivity contribution in [1.29, 1.82) is 0 Å². The van der Waals surface area contributed by atoms with Crippen LogP contribution in [-0.4, -0.2) is 0 Å². The monoisotopic (exact) mass is 150 g/mol. The molecule has 0 nitrogen and oxygen atoms in total. The van der Waals surface area contributed by atoms with E-state index in [2.05, 4.69) is 13.8 Å². The zero-order valence-electron chi connectivity index (χ0n) is 6.05. The molecule has 0 unspecified atom stereocenters. The first-order valence-electron chi connectivity index (χ1n) is 2.48. The van der Waals surface area contributed by atoms with Gasteiger partial charge in [0.25, 0.3) is 0 Å². The van der Waals surface area contributed by atoms with Crippen molar-refractivity contribution in [2.24, 2.45) is 0 Å². The molecule has 0 aliphatic rings. The van der Waals surface area contributed by atoms with E-state index in [9.17, 15) is 13.2 Å². The van der Waals surface area contributed by atoms with Gasteiger partial charge in [-0.1, -0.05) is 26.7 Å². The quantitative estimate of drug-likeness (QED) is 0.369. The van der Waals surface area contributed by atoms with Crippen LogP contribution >= 0.6 is 0 Å². The van der Waals surface area contributed by atoms with E-state index in [-0.39, 0.29) is 29.6 Å². The second-order valence-electron chi connectivity index (χ2n) is 1.21. The van der Waals surface area contributed by atoms with Crippen LogP contribution in [0, 0.1) is 6.68 Å². The summed E-state index contributed by atoms with van der Waals surface area (Å²) in [6.45, 7) is 1.28. The molecule has 0 N–H and O–H groups in total. The van der Waals surface area contributed by atoms with Crippen LogP contribution < -0.4 is 29.6 Å². The topological polar surface area (TPSA) is 0 Å². The average molecular weight is 150 g/mol. The molecule has 52 valence electrons. The van der Waals surface area contributed by atoms with Crippen LogP contribution in [0.4, 0.5) is 13.2 Å². The first-order valence-corrected chi connectivity index (χ1v) is 2.48. The summed E-state index contributed by atoms with van der Waals surface area (Å²) in [5, 5.41) is 0. The van der Waals surface area contributed by atoms with Crippen molar-refractivity contribution in [3.05, 3.63) is 6.68 Å². The van der Waals surface area contributed by atoms with Gasteiger partial charge in [-0.15, -0.1) is 0 Å². The van der Waals surface area contributed by atoms with Gasteiger partial charge in [0.15, 0.2) is 6.68 Å². The molecular formula is C5H10F3Na. The van der Waals surface area contributed by atoms with E-state index in [0.29, 0.717) is 0 Å². The molecule has 0 radical (unpaired) electrons. The molecule has 9 heavy (non-hydrogen) atoms. The minimum atomic E-state index is -3.08. The first kappa shape index (κ1) is 16.4. The first-order chi connectivity index (χ1) is 3.65. The van der Waals surface area contributed by atoms with Gasteiger partial charge in [-0.05, 0) is 0 Å². The SMILES string of the molecule is CCCC.F[C-](F)F.[Na+]. The third kappa shape index (κ3) is 126. The molecule has 0 atom stereocenters. The van der Waals surface area contributed by atoms with E-state index >= 15 is 0 Å². The molecule has 0 heterocycles. The van der Waals surface area contributed by atoms with Crippen molar-refractivity contribution in [1.82, 2.24) is 0 Å². The maximum absolute atomic E-state index is 9.58. The third-order valence-corrected chi connectivity index (χ3v) is 0.500. The predicted molar refractivity (Wildman–Crippen MR) is 27.1 cm³/mol. The molecule has 0 saturated heterocycles. The molecule has 4 heteroatoms. The van der Waals surface area contributed by atoms with Gasteiger partial charge in [0.2, 0.25) is 0 Å². The average Bonchev–Trinajstić information content (AvgIpc) is 1.65. The number of hydrogen-bond donors (Lipinski definition) is 0. The minimum absolute atomic E-state index is 0. The Hall–Kier alpha value is 0.790. The third-order valence-electron chi connectivity index (χ3n) is 0.500. The van der Waals surface area contributed by atoms with Crippen molar-refractivity contribution in [3.63, 3.8) is 0 Å². The van der Waals surface area contributed by atoms with Gasteiger partial charge in [0.1, 0.15) is 0 Å². The van der Waals surface area contributed by atoms with E-state index in [0.717, 1.165) is 0 Å². The predicted octanol–water partition coefficient (Wildman–Crippen LogP) is 0.152. The Kier molecular flexibility index (Phi) is 29.0.